The highest BCUT2D eigenvalue weighted by molar-refractivity contribution is 5.86. The average molecular weight is 235 g/mol. The van der Waals surface area contributed by atoms with Crippen molar-refractivity contribution in [2.24, 2.45) is 5.92 Å². The van der Waals surface area contributed by atoms with E-state index in [1.54, 1.807) is 0 Å². The maximum Gasteiger partial charge on any atom is 0.338 e. The van der Waals surface area contributed by atoms with Gasteiger partial charge in [0.05, 0.1) is 5.56 Å². The van der Waals surface area contributed by atoms with Crippen molar-refractivity contribution in [1.82, 2.24) is 9.97 Å². The first-order valence-electron chi connectivity index (χ1n) is 6.01. The zero-order valence-electron chi connectivity index (χ0n) is 9.96. The molecule has 0 atom stereocenters. The Bertz CT molecular complexity index is 387. The van der Waals surface area contributed by atoms with Crippen LogP contribution in [0.15, 0.2) is 12.4 Å². The predicted octanol–water partition coefficient (Wildman–Crippen LogP) is 1.80. The van der Waals surface area contributed by atoms with Crippen molar-refractivity contribution < 1.29 is 9.90 Å². The molecule has 0 aliphatic heterocycles. The van der Waals surface area contributed by atoms with E-state index < -0.39 is 5.97 Å². The molecule has 0 amide bonds. The van der Waals surface area contributed by atoms with Gasteiger partial charge in [0.25, 0.3) is 0 Å². The summed E-state index contributed by atoms with van der Waals surface area (Å²) in [6.45, 7) is 4.02. The molecule has 1 aromatic heterocycles. The fourth-order valence-corrected chi connectivity index (χ4v) is 1.75. The van der Waals surface area contributed by atoms with Crippen molar-refractivity contribution in [3.63, 3.8) is 0 Å². The van der Waals surface area contributed by atoms with E-state index in [1.165, 1.54) is 25.2 Å². The largest absolute Gasteiger partial charge is 0.478 e. The van der Waals surface area contributed by atoms with E-state index >= 15 is 0 Å². The van der Waals surface area contributed by atoms with Crippen molar-refractivity contribution in [2.45, 2.75) is 26.2 Å². The van der Waals surface area contributed by atoms with Gasteiger partial charge in [-0.2, -0.15) is 0 Å². The van der Waals surface area contributed by atoms with Gasteiger partial charge in [0.15, 0.2) is 0 Å². The molecule has 1 aliphatic carbocycles. The van der Waals surface area contributed by atoms with E-state index in [-0.39, 0.29) is 5.56 Å². The standard InChI is InChI=1S/C12H17N3O2/c1-2-5-15(8-9-3-4-9)12-13-6-10(7-14-12)11(16)17/h6-7,9H,2-5,8H2,1H3,(H,16,17). The number of hydrogen-bond donors (Lipinski definition) is 1. The average Bonchev–Trinajstić information content (AvgIpc) is 3.13. The lowest BCUT2D eigenvalue weighted by molar-refractivity contribution is 0.0696. The first-order valence-corrected chi connectivity index (χ1v) is 6.01. The molecular weight excluding hydrogens is 218 g/mol. The molecule has 1 aliphatic rings. The minimum absolute atomic E-state index is 0.136. The van der Waals surface area contributed by atoms with E-state index in [1.807, 2.05) is 0 Å². The molecule has 0 unspecified atom stereocenters. The Balaban J connectivity index is 2.08. The molecule has 0 spiro atoms. The van der Waals surface area contributed by atoms with Crippen molar-refractivity contribution >= 4 is 11.9 Å². The third-order valence-corrected chi connectivity index (χ3v) is 2.84. The number of aromatic carboxylic acids is 1. The van der Waals surface area contributed by atoms with Crippen LogP contribution in [0.1, 0.15) is 36.5 Å². The van der Waals surface area contributed by atoms with E-state index in [9.17, 15) is 4.79 Å². The van der Waals surface area contributed by atoms with Crippen LogP contribution in [0.4, 0.5) is 5.95 Å². The van der Waals surface area contributed by atoms with Crippen molar-refractivity contribution in [3.05, 3.63) is 18.0 Å². The smallest absolute Gasteiger partial charge is 0.338 e. The Morgan fingerprint density at radius 3 is 2.59 bits per heavy atom. The molecular formula is C12H17N3O2. The Labute approximate surface area is 100 Å². The minimum atomic E-state index is -0.985. The van der Waals surface area contributed by atoms with Crippen molar-refractivity contribution in [3.8, 4) is 0 Å². The summed E-state index contributed by atoms with van der Waals surface area (Å²) in [7, 11) is 0. The van der Waals surface area contributed by atoms with Gasteiger partial charge in [-0.1, -0.05) is 6.92 Å². The molecule has 1 fully saturated rings. The Morgan fingerprint density at radius 2 is 2.12 bits per heavy atom. The normalized spacial score (nSPS) is 14.6. The van der Waals surface area contributed by atoms with Gasteiger partial charge in [-0.3, -0.25) is 0 Å². The van der Waals surface area contributed by atoms with E-state index in [0.717, 1.165) is 25.4 Å². The topological polar surface area (TPSA) is 66.3 Å². The summed E-state index contributed by atoms with van der Waals surface area (Å²) in [5.74, 6) is 0.425. The Kier molecular flexibility index (Phi) is 3.56. The third-order valence-electron chi connectivity index (χ3n) is 2.84. The summed E-state index contributed by atoms with van der Waals surface area (Å²) in [5.41, 5.74) is 0.136. The molecule has 17 heavy (non-hydrogen) atoms. The number of carbonyl (C=O) groups is 1. The molecule has 1 saturated carbocycles. The fraction of sp³-hybridized carbons (Fsp3) is 0.583. The number of aromatic nitrogens is 2. The quantitative estimate of drug-likeness (QED) is 0.814. The van der Waals surface area contributed by atoms with Crippen LogP contribution in [0, 0.1) is 5.92 Å². The molecule has 2 rings (SSSR count). The van der Waals surface area contributed by atoms with Gasteiger partial charge in [0.2, 0.25) is 5.95 Å². The van der Waals surface area contributed by atoms with Gasteiger partial charge in [0.1, 0.15) is 0 Å². The zero-order valence-corrected chi connectivity index (χ0v) is 9.96. The van der Waals surface area contributed by atoms with E-state index in [0.29, 0.717) is 5.95 Å². The van der Waals surface area contributed by atoms with Gasteiger partial charge >= 0.3 is 5.97 Å². The second-order valence-corrected chi connectivity index (χ2v) is 4.47. The van der Waals surface area contributed by atoms with Gasteiger partial charge < -0.3 is 10.0 Å². The summed E-state index contributed by atoms with van der Waals surface area (Å²) < 4.78 is 0. The first-order chi connectivity index (χ1) is 8.20. The summed E-state index contributed by atoms with van der Waals surface area (Å²) in [6.07, 6.45) is 6.36. The number of hydrogen-bond acceptors (Lipinski definition) is 4. The molecule has 0 saturated heterocycles. The van der Waals surface area contributed by atoms with E-state index in [4.69, 9.17) is 5.11 Å². The minimum Gasteiger partial charge on any atom is -0.478 e. The number of nitrogens with zero attached hydrogens (tertiary/aromatic N) is 3. The molecule has 5 nitrogen and oxygen atoms in total. The summed E-state index contributed by atoms with van der Waals surface area (Å²) in [5, 5.41) is 8.78. The number of carboxylic acid groups (broad SMARTS) is 1. The van der Waals surface area contributed by atoms with Gasteiger partial charge in [-0.15, -0.1) is 0 Å². The molecule has 1 N–H and O–H groups in total. The summed E-state index contributed by atoms with van der Waals surface area (Å²) in [6, 6.07) is 0. The fourth-order valence-electron chi connectivity index (χ4n) is 1.75. The maximum atomic E-state index is 10.7. The van der Waals surface area contributed by atoms with Crippen LogP contribution < -0.4 is 4.90 Å². The Morgan fingerprint density at radius 1 is 1.47 bits per heavy atom. The Hall–Kier alpha value is -1.65. The van der Waals surface area contributed by atoms with Gasteiger partial charge in [0, 0.05) is 25.5 Å². The van der Waals surface area contributed by atoms with Crippen molar-refractivity contribution in [2.75, 3.05) is 18.0 Å². The van der Waals surface area contributed by atoms with Crippen LogP contribution in [0.5, 0.6) is 0 Å². The van der Waals surface area contributed by atoms with Crippen LogP contribution in [0.25, 0.3) is 0 Å². The highest BCUT2D eigenvalue weighted by Crippen LogP contribution is 2.30. The summed E-state index contributed by atoms with van der Waals surface area (Å²) in [4.78, 5) is 21.1. The van der Waals surface area contributed by atoms with Crippen LogP contribution in [0.2, 0.25) is 0 Å². The lowest BCUT2D eigenvalue weighted by Crippen LogP contribution is -2.28. The highest BCUT2D eigenvalue weighted by atomic mass is 16.4. The molecule has 0 aromatic carbocycles. The number of anilines is 1. The monoisotopic (exact) mass is 235 g/mol. The lowest BCUT2D eigenvalue weighted by atomic mass is 10.3. The molecule has 1 aromatic rings. The SMILES string of the molecule is CCCN(CC1CC1)c1ncc(C(=O)O)cn1. The molecule has 5 heteroatoms. The molecule has 1 heterocycles. The number of rotatable bonds is 6. The lowest BCUT2D eigenvalue weighted by Gasteiger charge is -2.21. The molecule has 92 valence electrons. The summed E-state index contributed by atoms with van der Waals surface area (Å²) >= 11 is 0. The zero-order chi connectivity index (χ0) is 12.3. The van der Waals surface area contributed by atoms with Crippen LogP contribution >= 0.6 is 0 Å². The van der Waals surface area contributed by atoms with Gasteiger partial charge in [-0.25, -0.2) is 14.8 Å². The predicted molar refractivity (Wildman–Crippen MR) is 64.2 cm³/mol. The second kappa shape index (κ2) is 5.12. The first kappa shape index (κ1) is 11.8. The van der Waals surface area contributed by atoms with Crippen LogP contribution in [0.3, 0.4) is 0 Å². The molecule has 0 bridgehead atoms. The second-order valence-electron chi connectivity index (χ2n) is 4.47. The van der Waals surface area contributed by atoms with Crippen molar-refractivity contribution in [1.29, 1.82) is 0 Å². The van der Waals surface area contributed by atoms with Crippen LogP contribution in [-0.2, 0) is 0 Å². The third kappa shape index (κ3) is 3.15. The number of carboxylic acids is 1. The molecule has 0 radical (unpaired) electrons. The van der Waals surface area contributed by atoms with Gasteiger partial charge in [-0.05, 0) is 25.2 Å². The highest BCUT2D eigenvalue weighted by Gasteiger charge is 2.25. The van der Waals surface area contributed by atoms with E-state index in [2.05, 4.69) is 21.8 Å². The maximum absolute atomic E-state index is 10.7. The van der Waals surface area contributed by atoms with Crippen LogP contribution in [-0.4, -0.2) is 34.1 Å².